The first-order chi connectivity index (χ1) is 16.3. The van der Waals surface area contributed by atoms with E-state index < -0.39 is 16.0 Å². The molecule has 2 heterocycles. The van der Waals surface area contributed by atoms with E-state index >= 15 is 0 Å². The van der Waals surface area contributed by atoms with Gasteiger partial charge >= 0.3 is 0 Å². The number of carbonyl (C=O) groups excluding carboxylic acids is 1. The molecule has 3 aromatic rings. The van der Waals surface area contributed by atoms with Gasteiger partial charge in [0.15, 0.2) is 11.4 Å². The molecule has 1 fully saturated rings. The van der Waals surface area contributed by atoms with Crippen LogP contribution in [-0.4, -0.2) is 41.8 Å². The molecule has 1 aliphatic rings. The first kappa shape index (κ1) is 25.2. The number of thioether (sulfide) groups is 1. The number of amides is 1. The van der Waals surface area contributed by atoms with Crippen LogP contribution in [0.3, 0.4) is 0 Å². The van der Waals surface area contributed by atoms with Gasteiger partial charge in [0.05, 0.1) is 18.8 Å². The number of aromatic nitrogens is 3. The van der Waals surface area contributed by atoms with Crippen LogP contribution in [0.5, 0.6) is 0 Å². The van der Waals surface area contributed by atoms with Crippen LogP contribution in [0.1, 0.15) is 35.5 Å². The van der Waals surface area contributed by atoms with Crippen LogP contribution < -0.4 is 5.32 Å². The summed E-state index contributed by atoms with van der Waals surface area (Å²) in [6.45, 7) is -0.0271. The van der Waals surface area contributed by atoms with E-state index in [0.29, 0.717) is 28.6 Å². The molecule has 1 saturated heterocycles. The first-order valence-corrected chi connectivity index (χ1v) is 12.4. The van der Waals surface area contributed by atoms with Gasteiger partial charge in [-0.2, -0.15) is 5.10 Å². The Morgan fingerprint density at radius 2 is 1.97 bits per heavy atom. The standard InChI is InChI=1S/C22H21Cl3N4O4S/c23-22(24,25)20(31)28-16-3-1-2-15(8-16)19-32-17(11-34-21-26-12-27-29-21)9-18(33-19)14-6-4-13(10-30)5-7-14/h1-8,12,17-19,30H,9-11H2,(H,28,31)(H,26,27,29)/t17-,18+,19+/m0/s1. The number of benzene rings is 2. The highest BCUT2D eigenvalue weighted by Gasteiger charge is 2.33. The molecular formula is C22H21Cl3N4O4S. The third-order valence-corrected chi connectivity index (χ3v) is 6.61. The van der Waals surface area contributed by atoms with E-state index in [1.807, 2.05) is 30.3 Å². The van der Waals surface area contributed by atoms with Crippen molar-refractivity contribution < 1.29 is 19.4 Å². The van der Waals surface area contributed by atoms with E-state index in [9.17, 15) is 9.90 Å². The molecule has 0 bridgehead atoms. The normalized spacial score (nSPS) is 20.8. The Morgan fingerprint density at radius 1 is 1.18 bits per heavy atom. The third kappa shape index (κ3) is 6.63. The summed E-state index contributed by atoms with van der Waals surface area (Å²) in [6, 6.07) is 14.6. The molecule has 2 aromatic carbocycles. The Labute approximate surface area is 215 Å². The molecule has 12 heteroatoms. The average Bonchev–Trinajstić information content (AvgIpc) is 3.36. The fourth-order valence-electron chi connectivity index (χ4n) is 3.42. The SMILES string of the molecule is O=C(Nc1cccc([C@@H]2O[C@H](CSc3ncn[nH]3)C[C@H](c3ccc(CO)cc3)O2)c1)C(Cl)(Cl)Cl. The Kier molecular flexibility index (Phi) is 8.36. The number of aliphatic hydroxyl groups is 1. The molecule has 1 aromatic heterocycles. The van der Waals surface area contributed by atoms with Gasteiger partial charge in [-0.15, -0.1) is 0 Å². The summed E-state index contributed by atoms with van der Waals surface area (Å²) >= 11 is 18.5. The van der Waals surface area contributed by atoms with Gasteiger partial charge in [0.1, 0.15) is 6.33 Å². The van der Waals surface area contributed by atoms with Crippen molar-refractivity contribution in [2.75, 3.05) is 11.1 Å². The second kappa shape index (κ2) is 11.3. The largest absolute Gasteiger partial charge is 0.392 e. The Morgan fingerprint density at radius 3 is 2.65 bits per heavy atom. The van der Waals surface area contributed by atoms with E-state index in [1.54, 1.807) is 18.2 Å². The van der Waals surface area contributed by atoms with Crippen molar-refractivity contribution in [3.05, 3.63) is 71.5 Å². The quantitative estimate of drug-likeness (QED) is 0.286. The van der Waals surface area contributed by atoms with E-state index in [1.165, 1.54) is 18.1 Å². The summed E-state index contributed by atoms with van der Waals surface area (Å²) in [5.41, 5.74) is 2.94. The lowest BCUT2D eigenvalue weighted by Crippen LogP contribution is -2.31. The number of ether oxygens (including phenoxy) is 2. The van der Waals surface area contributed by atoms with Crippen molar-refractivity contribution in [1.29, 1.82) is 0 Å². The molecular weight excluding hydrogens is 523 g/mol. The minimum absolute atomic E-state index is 0.0271. The smallest absolute Gasteiger partial charge is 0.276 e. The number of rotatable bonds is 7. The fourth-order valence-corrected chi connectivity index (χ4v) is 4.36. The highest BCUT2D eigenvalue weighted by molar-refractivity contribution is 7.99. The molecule has 0 saturated carbocycles. The molecule has 1 aliphatic heterocycles. The molecule has 34 heavy (non-hydrogen) atoms. The molecule has 0 aliphatic carbocycles. The summed E-state index contributed by atoms with van der Waals surface area (Å²) in [7, 11) is 0. The number of hydrogen-bond acceptors (Lipinski definition) is 7. The predicted molar refractivity (Wildman–Crippen MR) is 131 cm³/mol. The molecule has 4 rings (SSSR count). The van der Waals surface area contributed by atoms with Crippen LogP contribution >= 0.6 is 46.6 Å². The monoisotopic (exact) mass is 542 g/mol. The summed E-state index contributed by atoms with van der Waals surface area (Å²) < 4.78 is 10.5. The zero-order chi connectivity index (χ0) is 24.1. The lowest BCUT2D eigenvalue weighted by Gasteiger charge is -2.36. The number of nitrogens with zero attached hydrogens (tertiary/aromatic N) is 2. The Hall–Kier alpha value is -1.85. The van der Waals surface area contributed by atoms with Gasteiger partial charge < -0.3 is 19.9 Å². The van der Waals surface area contributed by atoms with E-state index in [0.717, 1.165) is 11.1 Å². The van der Waals surface area contributed by atoms with Crippen molar-refractivity contribution in [3.8, 4) is 0 Å². The van der Waals surface area contributed by atoms with Crippen LogP contribution in [-0.2, 0) is 20.9 Å². The molecule has 3 N–H and O–H groups in total. The minimum atomic E-state index is -2.08. The van der Waals surface area contributed by atoms with Crippen LogP contribution in [0.2, 0.25) is 0 Å². The second-order valence-electron chi connectivity index (χ2n) is 7.53. The summed E-state index contributed by atoms with van der Waals surface area (Å²) in [4.78, 5) is 16.2. The van der Waals surface area contributed by atoms with Gasteiger partial charge in [-0.3, -0.25) is 9.89 Å². The van der Waals surface area contributed by atoms with Crippen LogP contribution in [0.25, 0.3) is 0 Å². The Balaban J connectivity index is 1.54. The predicted octanol–water partition coefficient (Wildman–Crippen LogP) is 4.94. The molecule has 180 valence electrons. The summed E-state index contributed by atoms with van der Waals surface area (Å²) in [5, 5.41) is 19.3. The van der Waals surface area contributed by atoms with E-state index in [4.69, 9.17) is 44.3 Å². The maximum Gasteiger partial charge on any atom is 0.276 e. The van der Waals surface area contributed by atoms with Crippen molar-refractivity contribution >= 4 is 58.2 Å². The maximum absolute atomic E-state index is 12.1. The number of anilines is 1. The van der Waals surface area contributed by atoms with Gasteiger partial charge in [-0.25, -0.2) is 4.98 Å². The third-order valence-electron chi connectivity index (χ3n) is 5.09. The molecule has 0 spiro atoms. The highest BCUT2D eigenvalue weighted by Crippen LogP contribution is 2.39. The van der Waals surface area contributed by atoms with Crippen molar-refractivity contribution in [1.82, 2.24) is 15.2 Å². The maximum atomic E-state index is 12.1. The minimum Gasteiger partial charge on any atom is -0.392 e. The lowest BCUT2D eigenvalue weighted by molar-refractivity contribution is -0.245. The van der Waals surface area contributed by atoms with Crippen LogP contribution in [0.15, 0.2) is 60.0 Å². The number of aliphatic hydroxyl groups excluding tert-OH is 1. The molecule has 1 amide bonds. The number of carbonyl (C=O) groups is 1. The lowest BCUT2D eigenvalue weighted by atomic mass is 10.0. The van der Waals surface area contributed by atoms with Gasteiger partial charge in [0.25, 0.3) is 9.70 Å². The average molecular weight is 544 g/mol. The number of halogens is 3. The fraction of sp³-hybridized carbons (Fsp3) is 0.318. The van der Waals surface area contributed by atoms with E-state index in [2.05, 4.69) is 20.5 Å². The van der Waals surface area contributed by atoms with Crippen molar-refractivity contribution in [3.63, 3.8) is 0 Å². The van der Waals surface area contributed by atoms with Gasteiger partial charge in [0.2, 0.25) is 0 Å². The van der Waals surface area contributed by atoms with Gasteiger partial charge in [-0.1, -0.05) is 83.0 Å². The number of H-pyrrole nitrogens is 1. The molecule has 0 unspecified atom stereocenters. The first-order valence-electron chi connectivity index (χ1n) is 10.3. The van der Waals surface area contributed by atoms with Crippen LogP contribution in [0.4, 0.5) is 5.69 Å². The number of nitrogens with one attached hydrogen (secondary N) is 2. The highest BCUT2D eigenvalue weighted by atomic mass is 35.6. The molecule has 3 atom stereocenters. The number of alkyl halides is 3. The molecule has 0 radical (unpaired) electrons. The van der Waals surface area contributed by atoms with Crippen molar-refractivity contribution in [2.24, 2.45) is 0 Å². The van der Waals surface area contributed by atoms with Crippen molar-refractivity contribution in [2.45, 2.75) is 40.5 Å². The van der Waals surface area contributed by atoms with Gasteiger partial charge in [0, 0.05) is 23.4 Å². The summed E-state index contributed by atoms with van der Waals surface area (Å²) in [6.07, 6.45) is 0.987. The zero-order valence-corrected chi connectivity index (χ0v) is 20.7. The van der Waals surface area contributed by atoms with Crippen LogP contribution in [0, 0.1) is 0 Å². The zero-order valence-electron chi connectivity index (χ0n) is 17.7. The van der Waals surface area contributed by atoms with Gasteiger partial charge in [-0.05, 0) is 23.3 Å². The summed E-state index contributed by atoms with van der Waals surface area (Å²) in [5.74, 6) is -0.132. The number of aromatic amines is 1. The Bertz CT molecular complexity index is 1100. The molecule has 8 nitrogen and oxygen atoms in total. The number of hydrogen-bond donors (Lipinski definition) is 3. The second-order valence-corrected chi connectivity index (χ2v) is 10.8. The topological polar surface area (TPSA) is 109 Å². The van der Waals surface area contributed by atoms with E-state index in [-0.39, 0.29) is 18.8 Å².